The molecule has 116 valence electrons. The first kappa shape index (κ1) is 16.6. The zero-order valence-electron chi connectivity index (χ0n) is 13.3. The van der Waals surface area contributed by atoms with Crippen LogP contribution in [0, 0.1) is 0 Å². The van der Waals surface area contributed by atoms with E-state index in [0.29, 0.717) is 13.2 Å². The lowest BCUT2D eigenvalue weighted by molar-refractivity contribution is 0.203. The van der Waals surface area contributed by atoms with Crippen molar-refractivity contribution in [2.45, 2.75) is 38.9 Å². The molecule has 0 saturated heterocycles. The van der Waals surface area contributed by atoms with E-state index < -0.39 is 8.32 Å². The fourth-order valence-electron chi connectivity index (χ4n) is 1.78. The van der Waals surface area contributed by atoms with Gasteiger partial charge in [0, 0.05) is 9.86 Å². The summed E-state index contributed by atoms with van der Waals surface area (Å²) in [6.45, 7) is 12.3. The molecule has 3 nitrogen and oxygen atoms in total. The standard InChI is InChI=1S/C16H23BrO3Si/c1-16(2,3)21(4,5)20-11-10-18-14-7-6-13(17)12-8-9-19-15(12)14/h6-9H,10-11H2,1-5H3. The Bertz CT molecular complexity index is 613. The van der Waals surface area contributed by atoms with E-state index in [0.717, 1.165) is 21.2 Å². The molecule has 21 heavy (non-hydrogen) atoms. The van der Waals surface area contributed by atoms with Crippen molar-refractivity contribution in [3.63, 3.8) is 0 Å². The number of fused-ring (bicyclic) bond motifs is 1. The van der Waals surface area contributed by atoms with Crippen molar-refractivity contribution < 1.29 is 13.6 Å². The number of halogens is 1. The average Bonchev–Trinajstić information content (AvgIpc) is 2.85. The van der Waals surface area contributed by atoms with E-state index in [-0.39, 0.29) is 5.04 Å². The van der Waals surface area contributed by atoms with E-state index in [4.69, 9.17) is 13.6 Å². The van der Waals surface area contributed by atoms with Gasteiger partial charge in [-0.1, -0.05) is 36.7 Å². The molecule has 1 aromatic heterocycles. The molecule has 0 saturated carbocycles. The molecule has 1 heterocycles. The highest BCUT2D eigenvalue weighted by Crippen LogP contribution is 2.36. The van der Waals surface area contributed by atoms with Crippen LogP contribution in [0.25, 0.3) is 11.0 Å². The van der Waals surface area contributed by atoms with E-state index in [9.17, 15) is 0 Å². The van der Waals surface area contributed by atoms with Gasteiger partial charge in [0.05, 0.1) is 12.9 Å². The Morgan fingerprint density at radius 2 is 1.86 bits per heavy atom. The second kappa shape index (κ2) is 6.14. The summed E-state index contributed by atoms with van der Waals surface area (Å²) < 4.78 is 18.4. The third-order valence-corrected chi connectivity index (χ3v) is 9.37. The Morgan fingerprint density at radius 1 is 1.14 bits per heavy atom. The fraction of sp³-hybridized carbons (Fsp3) is 0.500. The maximum atomic E-state index is 6.11. The van der Waals surface area contributed by atoms with Crippen molar-refractivity contribution in [1.29, 1.82) is 0 Å². The van der Waals surface area contributed by atoms with Gasteiger partial charge in [0.2, 0.25) is 0 Å². The molecular formula is C16H23BrO3Si. The predicted molar refractivity (Wildman–Crippen MR) is 92.6 cm³/mol. The van der Waals surface area contributed by atoms with Crippen molar-refractivity contribution in [1.82, 2.24) is 0 Å². The highest BCUT2D eigenvalue weighted by Gasteiger charge is 2.36. The predicted octanol–water partition coefficient (Wildman–Crippen LogP) is 5.60. The van der Waals surface area contributed by atoms with E-state index in [1.54, 1.807) is 6.26 Å². The molecule has 0 amide bonds. The minimum absolute atomic E-state index is 0.221. The Morgan fingerprint density at radius 3 is 2.52 bits per heavy atom. The summed E-state index contributed by atoms with van der Waals surface area (Å²) in [5, 5.41) is 1.25. The van der Waals surface area contributed by atoms with Crippen LogP contribution >= 0.6 is 15.9 Å². The van der Waals surface area contributed by atoms with Crippen molar-refractivity contribution >= 4 is 35.2 Å². The zero-order chi connectivity index (χ0) is 15.7. The molecule has 0 spiro atoms. The van der Waals surface area contributed by atoms with Gasteiger partial charge in [0.1, 0.15) is 6.61 Å². The van der Waals surface area contributed by atoms with Gasteiger partial charge in [-0.2, -0.15) is 0 Å². The van der Waals surface area contributed by atoms with Gasteiger partial charge in [0.25, 0.3) is 0 Å². The lowest BCUT2D eigenvalue weighted by Gasteiger charge is -2.36. The Kier molecular flexibility index (Phi) is 4.85. The molecule has 5 heteroatoms. The van der Waals surface area contributed by atoms with Crippen molar-refractivity contribution in [2.24, 2.45) is 0 Å². The molecule has 0 aliphatic heterocycles. The van der Waals surface area contributed by atoms with Crippen LogP contribution in [0.5, 0.6) is 5.75 Å². The number of hydrogen-bond donors (Lipinski definition) is 0. The summed E-state index contributed by atoms with van der Waals surface area (Å²) in [5.41, 5.74) is 0.775. The third kappa shape index (κ3) is 3.70. The van der Waals surface area contributed by atoms with Crippen molar-refractivity contribution in [3.8, 4) is 5.75 Å². The number of benzene rings is 1. The monoisotopic (exact) mass is 370 g/mol. The van der Waals surface area contributed by atoms with Gasteiger partial charge in [-0.05, 0) is 36.3 Å². The van der Waals surface area contributed by atoms with E-state index in [1.165, 1.54) is 0 Å². The van der Waals surface area contributed by atoms with Crippen LogP contribution in [0.1, 0.15) is 20.8 Å². The first-order valence-electron chi connectivity index (χ1n) is 7.15. The molecule has 1 aromatic carbocycles. The summed E-state index contributed by atoms with van der Waals surface area (Å²) in [5.74, 6) is 0.761. The second-order valence-electron chi connectivity index (χ2n) is 6.67. The SMILES string of the molecule is CC(C)(C)[Si](C)(C)OCCOc1ccc(Br)c2ccoc12. The van der Waals surface area contributed by atoms with E-state index in [1.807, 2.05) is 18.2 Å². The maximum Gasteiger partial charge on any atom is 0.192 e. The largest absolute Gasteiger partial charge is 0.487 e. The number of hydrogen-bond acceptors (Lipinski definition) is 3. The zero-order valence-corrected chi connectivity index (χ0v) is 15.9. The molecule has 0 N–H and O–H groups in total. The van der Waals surface area contributed by atoms with Gasteiger partial charge >= 0.3 is 0 Å². The third-order valence-electron chi connectivity index (χ3n) is 4.14. The fourth-order valence-corrected chi connectivity index (χ4v) is 3.25. The summed E-state index contributed by atoms with van der Waals surface area (Å²) in [4.78, 5) is 0. The molecule has 0 bridgehead atoms. The van der Waals surface area contributed by atoms with E-state index >= 15 is 0 Å². The molecule has 0 radical (unpaired) electrons. The van der Waals surface area contributed by atoms with Crippen LogP contribution in [0.2, 0.25) is 18.1 Å². The topological polar surface area (TPSA) is 31.6 Å². The van der Waals surface area contributed by atoms with Crippen molar-refractivity contribution in [2.75, 3.05) is 13.2 Å². The van der Waals surface area contributed by atoms with Gasteiger partial charge in [-0.15, -0.1) is 0 Å². The van der Waals surface area contributed by atoms with Gasteiger partial charge in [0.15, 0.2) is 19.6 Å². The number of ether oxygens (including phenoxy) is 1. The van der Waals surface area contributed by atoms with Gasteiger partial charge in [-0.3, -0.25) is 0 Å². The molecule has 0 aliphatic rings. The summed E-state index contributed by atoms with van der Waals surface area (Å²) in [6.07, 6.45) is 1.68. The first-order chi connectivity index (χ1) is 9.72. The second-order valence-corrected chi connectivity index (χ2v) is 12.3. The summed E-state index contributed by atoms with van der Waals surface area (Å²) >= 11 is 3.51. The van der Waals surface area contributed by atoms with Crippen LogP contribution in [-0.2, 0) is 4.43 Å². The molecule has 2 aromatic rings. The summed E-state index contributed by atoms with van der Waals surface area (Å²) in [7, 11) is -1.70. The molecule has 2 rings (SSSR count). The molecule has 0 aliphatic carbocycles. The van der Waals surface area contributed by atoms with Crippen LogP contribution in [0.3, 0.4) is 0 Å². The number of furan rings is 1. The van der Waals surface area contributed by atoms with Crippen LogP contribution in [-0.4, -0.2) is 21.5 Å². The maximum absolute atomic E-state index is 6.11. The quantitative estimate of drug-likeness (QED) is 0.507. The first-order valence-corrected chi connectivity index (χ1v) is 10.8. The van der Waals surface area contributed by atoms with Gasteiger partial charge < -0.3 is 13.6 Å². The smallest absolute Gasteiger partial charge is 0.192 e. The van der Waals surface area contributed by atoms with Crippen LogP contribution < -0.4 is 4.74 Å². The summed E-state index contributed by atoms with van der Waals surface area (Å²) in [6, 6.07) is 5.82. The van der Waals surface area contributed by atoms with Crippen molar-refractivity contribution in [3.05, 3.63) is 28.9 Å². The number of rotatable bonds is 5. The minimum atomic E-state index is -1.70. The Hall–Kier alpha value is -0.783. The van der Waals surface area contributed by atoms with Crippen LogP contribution in [0.15, 0.2) is 33.4 Å². The van der Waals surface area contributed by atoms with Crippen LogP contribution in [0.4, 0.5) is 0 Å². The Labute approximate surface area is 135 Å². The Balaban J connectivity index is 1.95. The highest BCUT2D eigenvalue weighted by atomic mass is 79.9. The molecule has 0 unspecified atom stereocenters. The lowest BCUT2D eigenvalue weighted by atomic mass is 10.2. The van der Waals surface area contributed by atoms with Gasteiger partial charge in [-0.25, -0.2) is 0 Å². The molecule has 0 atom stereocenters. The highest BCUT2D eigenvalue weighted by molar-refractivity contribution is 9.10. The average molecular weight is 371 g/mol. The normalized spacial score (nSPS) is 12.9. The molecular weight excluding hydrogens is 348 g/mol. The lowest BCUT2D eigenvalue weighted by Crippen LogP contribution is -2.41. The minimum Gasteiger partial charge on any atom is -0.487 e. The van der Waals surface area contributed by atoms with E-state index in [2.05, 4.69) is 49.8 Å². The molecule has 0 fully saturated rings.